The number of anilines is 3. The Morgan fingerprint density at radius 2 is 0.659 bits per heavy atom. The first-order valence-corrected chi connectivity index (χ1v) is 28.1. The summed E-state index contributed by atoms with van der Waals surface area (Å²) < 4.78 is 13.9. The Kier molecular flexibility index (Phi) is 11.1. The minimum absolute atomic E-state index is 0.716. The molecule has 0 N–H and O–H groups in total. The van der Waals surface area contributed by atoms with Crippen molar-refractivity contribution in [2.24, 2.45) is 0 Å². The molecule has 1 aliphatic carbocycles. The van der Waals surface area contributed by atoms with Crippen LogP contribution >= 0.6 is 0 Å². The monoisotopic (exact) mass is 1050 g/mol. The molecule has 0 saturated carbocycles. The van der Waals surface area contributed by atoms with Crippen LogP contribution in [0.3, 0.4) is 0 Å². The van der Waals surface area contributed by atoms with Gasteiger partial charge in [-0.2, -0.15) is 0 Å². The molecule has 2 aromatic heterocycles. The molecule has 1 aliphatic rings. The van der Waals surface area contributed by atoms with Crippen LogP contribution in [0.5, 0.6) is 0 Å². The molecule has 82 heavy (non-hydrogen) atoms. The fourth-order valence-electron chi connectivity index (χ4n) is 13.5. The third-order valence-electron chi connectivity index (χ3n) is 17.0. The zero-order valence-corrected chi connectivity index (χ0v) is 44.7. The molecule has 13 aromatic carbocycles. The number of nitrogens with zero attached hydrogens (tertiary/aromatic N) is 1. The highest BCUT2D eigenvalue weighted by atomic mass is 16.3. The highest BCUT2D eigenvalue weighted by Gasteiger charge is 2.47. The second-order valence-corrected chi connectivity index (χ2v) is 21.4. The average Bonchev–Trinajstić information content (AvgIpc) is 4.42. The number of hydrogen-bond donors (Lipinski definition) is 0. The Morgan fingerprint density at radius 3 is 1.20 bits per heavy atom. The van der Waals surface area contributed by atoms with E-state index in [9.17, 15) is 0 Å². The lowest BCUT2D eigenvalue weighted by atomic mass is 9.66. The third kappa shape index (κ3) is 7.44. The van der Waals surface area contributed by atoms with Crippen LogP contribution in [0.2, 0.25) is 0 Å². The summed E-state index contributed by atoms with van der Waals surface area (Å²) in [6, 6.07) is 112. The maximum absolute atomic E-state index is 7.01. The first-order valence-electron chi connectivity index (χ1n) is 28.1. The van der Waals surface area contributed by atoms with E-state index in [2.05, 4.69) is 314 Å². The molecule has 0 unspecified atom stereocenters. The van der Waals surface area contributed by atoms with E-state index in [0.717, 1.165) is 94.3 Å². The van der Waals surface area contributed by atoms with Crippen molar-refractivity contribution < 1.29 is 8.83 Å². The van der Waals surface area contributed by atoms with E-state index in [4.69, 9.17) is 8.83 Å². The number of benzene rings is 13. The fourth-order valence-corrected chi connectivity index (χ4v) is 13.5. The van der Waals surface area contributed by atoms with Gasteiger partial charge >= 0.3 is 0 Å². The predicted molar refractivity (Wildman–Crippen MR) is 340 cm³/mol. The number of rotatable bonds is 10. The van der Waals surface area contributed by atoms with Gasteiger partial charge in [-0.1, -0.05) is 249 Å². The Balaban J connectivity index is 0.993. The van der Waals surface area contributed by atoms with Gasteiger partial charge in [0.25, 0.3) is 0 Å². The van der Waals surface area contributed by atoms with Crippen LogP contribution in [0.15, 0.2) is 318 Å². The van der Waals surface area contributed by atoms with Crippen molar-refractivity contribution in [3.63, 3.8) is 0 Å². The summed E-state index contributed by atoms with van der Waals surface area (Å²) in [5.41, 5.74) is 24.4. The maximum Gasteiger partial charge on any atom is 0.137 e. The van der Waals surface area contributed by atoms with Gasteiger partial charge in [-0.15, -0.1) is 0 Å². The van der Waals surface area contributed by atoms with Crippen molar-refractivity contribution in [1.82, 2.24) is 0 Å². The van der Waals surface area contributed by atoms with Crippen LogP contribution in [-0.4, -0.2) is 0 Å². The van der Waals surface area contributed by atoms with Crippen molar-refractivity contribution in [2.45, 2.75) is 5.41 Å². The molecule has 0 fully saturated rings. The molecule has 384 valence electrons. The molecule has 0 saturated heterocycles. The highest BCUT2D eigenvalue weighted by Crippen LogP contribution is 2.59. The number of hydrogen-bond acceptors (Lipinski definition) is 3. The van der Waals surface area contributed by atoms with Crippen molar-refractivity contribution in [2.75, 3.05) is 4.90 Å². The van der Waals surface area contributed by atoms with E-state index in [-0.39, 0.29) is 0 Å². The van der Waals surface area contributed by atoms with Gasteiger partial charge in [0.1, 0.15) is 22.3 Å². The predicted octanol–water partition coefficient (Wildman–Crippen LogP) is 21.7. The summed E-state index contributed by atoms with van der Waals surface area (Å²) in [5.74, 6) is 0. The second kappa shape index (κ2) is 19.3. The Hall–Kier alpha value is -10.7. The number of fused-ring (bicyclic) bond motifs is 9. The van der Waals surface area contributed by atoms with Gasteiger partial charge in [0.2, 0.25) is 0 Å². The molecule has 0 bridgehead atoms. The Bertz CT molecular complexity index is 4820. The van der Waals surface area contributed by atoms with Crippen LogP contribution in [0.1, 0.15) is 22.3 Å². The van der Waals surface area contributed by atoms with Crippen LogP contribution in [0.4, 0.5) is 17.1 Å². The maximum atomic E-state index is 7.01. The fraction of sp³-hybridized carbons (Fsp3) is 0.0127. The molecule has 0 radical (unpaired) electrons. The van der Waals surface area contributed by atoms with E-state index >= 15 is 0 Å². The lowest BCUT2D eigenvalue weighted by Gasteiger charge is -2.36. The average molecular weight is 1050 g/mol. The molecule has 2 heterocycles. The normalized spacial score (nSPS) is 12.5. The van der Waals surface area contributed by atoms with E-state index in [1.54, 1.807) is 0 Å². The largest absolute Gasteiger partial charge is 0.456 e. The lowest BCUT2D eigenvalue weighted by Crippen LogP contribution is -2.29. The van der Waals surface area contributed by atoms with Gasteiger partial charge in [0.05, 0.1) is 27.6 Å². The van der Waals surface area contributed by atoms with Crippen molar-refractivity contribution in [3.8, 4) is 66.8 Å². The van der Waals surface area contributed by atoms with E-state index in [0.29, 0.717) is 0 Å². The van der Waals surface area contributed by atoms with Gasteiger partial charge in [-0.25, -0.2) is 0 Å². The summed E-state index contributed by atoms with van der Waals surface area (Å²) >= 11 is 0. The van der Waals surface area contributed by atoms with Gasteiger partial charge < -0.3 is 13.7 Å². The summed E-state index contributed by atoms with van der Waals surface area (Å²) in [7, 11) is 0. The van der Waals surface area contributed by atoms with Crippen LogP contribution in [0, 0.1) is 0 Å². The molecule has 3 heteroatoms. The molecule has 16 rings (SSSR count). The van der Waals surface area contributed by atoms with Gasteiger partial charge in [0.15, 0.2) is 0 Å². The number of furan rings is 2. The van der Waals surface area contributed by atoms with Gasteiger partial charge in [-0.3, -0.25) is 0 Å². The van der Waals surface area contributed by atoms with Crippen LogP contribution in [0.25, 0.3) is 111 Å². The van der Waals surface area contributed by atoms with E-state index in [1.165, 1.54) is 55.6 Å². The standard InChI is InChI=1S/C79H51NO2/c1-5-23-52(24-6-1)56-45-47-72-65(49-56)77-70(41-21-43-74(77)81-72)80(59-32-19-31-58(51-59)79(67-38-16-13-33-60(67)53-25-7-2-8-26-53)68-39-17-14-34-63(68)64-35-15-18-40-69(64)79)71-42-22-44-75-78(71)66-50-57(46-48-73(66)82-75)76-61(54-27-9-3-10-28-54)36-20-37-62(76)55-29-11-4-12-30-55/h1-51H. The van der Waals surface area contributed by atoms with Crippen molar-refractivity contribution >= 4 is 60.9 Å². The van der Waals surface area contributed by atoms with Crippen molar-refractivity contribution in [3.05, 3.63) is 332 Å². The van der Waals surface area contributed by atoms with Gasteiger partial charge in [0, 0.05) is 16.5 Å². The van der Waals surface area contributed by atoms with Gasteiger partial charge in [-0.05, 0) is 150 Å². The van der Waals surface area contributed by atoms with Crippen molar-refractivity contribution in [1.29, 1.82) is 0 Å². The smallest absolute Gasteiger partial charge is 0.137 e. The first kappa shape index (κ1) is 47.3. The van der Waals surface area contributed by atoms with E-state index < -0.39 is 5.41 Å². The molecule has 3 nitrogen and oxygen atoms in total. The zero-order chi connectivity index (χ0) is 54.1. The summed E-state index contributed by atoms with van der Waals surface area (Å²) in [6.45, 7) is 0. The second-order valence-electron chi connectivity index (χ2n) is 21.4. The highest BCUT2D eigenvalue weighted by molar-refractivity contribution is 6.19. The molecule has 0 amide bonds. The lowest BCUT2D eigenvalue weighted by molar-refractivity contribution is 0.669. The molecular weight excluding hydrogens is 995 g/mol. The molecular formula is C79H51NO2. The Labute approximate surface area is 475 Å². The molecule has 0 atom stereocenters. The molecule has 0 aliphatic heterocycles. The minimum Gasteiger partial charge on any atom is -0.456 e. The first-order chi connectivity index (χ1) is 40.7. The van der Waals surface area contributed by atoms with Crippen LogP contribution < -0.4 is 4.90 Å². The molecule has 15 aromatic rings. The molecule has 0 spiro atoms. The minimum atomic E-state index is -0.716. The SMILES string of the molecule is c1ccc(-c2ccc3oc4cccc(N(c5cccc(C6(c7ccccc7-c7ccccc7)c7ccccc7-c7ccccc76)c5)c5cccc6oc7ccc(-c8c(-c9ccccc9)cccc8-c8ccccc8)cc7c56)c4c3c2)cc1. The summed E-state index contributed by atoms with van der Waals surface area (Å²) in [5, 5.41) is 4.10. The summed E-state index contributed by atoms with van der Waals surface area (Å²) in [6.07, 6.45) is 0. The zero-order valence-electron chi connectivity index (χ0n) is 44.7. The van der Waals surface area contributed by atoms with Crippen LogP contribution in [-0.2, 0) is 5.41 Å². The summed E-state index contributed by atoms with van der Waals surface area (Å²) in [4.78, 5) is 2.47. The van der Waals surface area contributed by atoms with E-state index in [1.807, 2.05) is 0 Å². The topological polar surface area (TPSA) is 29.5 Å². The quantitative estimate of drug-likeness (QED) is 0.137. The Morgan fingerprint density at radius 1 is 0.256 bits per heavy atom. The third-order valence-corrected chi connectivity index (χ3v) is 17.0.